The molecule has 15 heavy (non-hydrogen) atoms. The molecule has 1 rings (SSSR count). The van der Waals surface area contributed by atoms with Gasteiger partial charge in [-0.15, -0.1) is 0 Å². The fourth-order valence-electron chi connectivity index (χ4n) is 0.875. The van der Waals surface area contributed by atoms with Crippen LogP contribution in [0.25, 0.3) is 0 Å². The molecule has 0 bridgehead atoms. The van der Waals surface area contributed by atoms with Crippen molar-refractivity contribution in [2.45, 2.75) is 0 Å². The van der Waals surface area contributed by atoms with Crippen LogP contribution in [0.3, 0.4) is 0 Å². The van der Waals surface area contributed by atoms with Crippen LogP contribution >= 0.6 is 31.9 Å². The Balaban J connectivity index is 0.00000196. The number of hydrogen-bond donors (Lipinski definition) is 2. The van der Waals surface area contributed by atoms with E-state index in [0.29, 0.717) is 0 Å². The summed E-state index contributed by atoms with van der Waals surface area (Å²) < 4.78 is 0.483. The van der Waals surface area contributed by atoms with Crippen LogP contribution in [0.15, 0.2) is 21.1 Å². The maximum Gasteiger partial charge on any atom is 0.336 e. The molecule has 0 amide bonds. The smallest absolute Gasteiger partial charge is 0.336 e. The van der Waals surface area contributed by atoms with Gasteiger partial charge in [-0.3, -0.25) is 0 Å². The van der Waals surface area contributed by atoms with Crippen LogP contribution in [-0.2, 0) is 19.5 Å². The number of hydrogen-bond acceptors (Lipinski definition) is 2. The van der Waals surface area contributed by atoms with Gasteiger partial charge in [0.1, 0.15) is 0 Å². The molecule has 0 saturated heterocycles. The first-order valence-electron chi connectivity index (χ1n) is 3.39. The summed E-state index contributed by atoms with van der Waals surface area (Å²) in [5, 5.41) is 17.4. The van der Waals surface area contributed by atoms with Gasteiger partial charge in [0.15, 0.2) is 0 Å². The van der Waals surface area contributed by atoms with Crippen molar-refractivity contribution in [2.75, 3.05) is 0 Å². The largest absolute Gasteiger partial charge is 0.478 e. The fraction of sp³-hybridized carbons (Fsp3) is 0. The molecule has 0 aliphatic rings. The minimum absolute atomic E-state index is 0. The molecular formula is C8H4Br2O4Zn. The van der Waals surface area contributed by atoms with E-state index in [9.17, 15) is 9.59 Å². The summed E-state index contributed by atoms with van der Waals surface area (Å²) in [6, 6.07) is 2.49. The van der Waals surface area contributed by atoms with E-state index in [4.69, 9.17) is 10.2 Å². The molecule has 0 heterocycles. The Kier molecular flexibility index (Phi) is 5.63. The summed E-state index contributed by atoms with van der Waals surface area (Å²) in [5.74, 6) is -2.23. The average Bonchev–Trinajstić information content (AvgIpc) is 2.07. The van der Waals surface area contributed by atoms with E-state index in [1.54, 1.807) is 0 Å². The summed E-state index contributed by atoms with van der Waals surface area (Å²) in [4.78, 5) is 21.3. The second-order valence-corrected chi connectivity index (χ2v) is 4.13. The van der Waals surface area contributed by atoms with Crippen molar-refractivity contribution in [1.29, 1.82) is 0 Å². The summed E-state index contributed by atoms with van der Waals surface area (Å²) in [6.07, 6.45) is 0. The molecule has 0 spiro atoms. The fourth-order valence-corrected chi connectivity index (χ4v) is 1.90. The molecule has 0 aliphatic carbocycles. The van der Waals surface area contributed by atoms with E-state index >= 15 is 0 Å². The zero-order valence-electron chi connectivity index (χ0n) is 7.33. The number of rotatable bonds is 2. The predicted molar refractivity (Wildman–Crippen MR) is 55.8 cm³/mol. The summed E-state index contributed by atoms with van der Waals surface area (Å²) >= 11 is 5.97. The van der Waals surface area contributed by atoms with Crippen LogP contribution < -0.4 is 0 Å². The van der Waals surface area contributed by atoms with Crippen molar-refractivity contribution in [2.24, 2.45) is 0 Å². The number of halogens is 2. The molecule has 0 saturated carbocycles. The molecular weight excluding hydrogens is 385 g/mol. The zero-order valence-corrected chi connectivity index (χ0v) is 13.5. The SMILES string of the molecule is O=C(O)c1cc(Br)c(C(=O)O)cc1Br.[Zn]. The van der Waals surface area contributed by atoms with E-state index in [2.05, 4.69) is 31.9 Å². The van der Waals surface area contributed by atoms with Gasteiger partial charge < -0.3 is 10.2 Å². The van der Waals surface area contributed by atoms with Gasteiger partial charge in [0.2, 0.25) is 0 Å². The summed E-state index contributed by atoms with van der Waals surface area (Å²) in [5.41, 5.74) is 0.0313. The molecule has 2 N–H and O–H groups in total. The van der Waals surface area contributed by atoms with Crippen LogP contribution in [-0.4, -0.2) is 22.2 Å². The van der Waals surface area contributed by atoms with Crippen molar-refractivity contribution in [3.8, 4) is 0 Å². The van der Waals surface area contributed by atoms with Crippen molar-refractivity contribution in [3.05, 3.63) is 32.2 Å². The number of benzene rings is 1. The van der Waals surface area contributed by atoms with E-state index in [1.165, 1.54) is 12.1 Å². The molecule has 0 aliphatic heterocycles. The quantitative estimate of drug-likeness (QED) is 0.763. The normalized spacial score (nSPS) is 9.20. The van der Waals surface area contributed by atoms with E-state index < -0.39 is 11.9 Å². The maximum atomic E-state index is 10.7. The third kappa shape index (κ3) is 3.36. The molecule has 4 nitrogen and oxygen atoms in total. The monoisotopic (exact) mass is 386 g/mol. The van der Waals surface area contributed by atoms with E-state index in [1.807, 2.05) is 0 Å². The van der Waals surface area contributed by atoms with Crippen LogP contribution in [0.1, 0.15) is 20.7 Å². The third-order valence-corrected chi connectivity index (χ3v) is 2.83. The minimum Gasteiger partial charge on any atom is -0.478 e. The number of carboxylic acids is 2. The maximum absolute atomic E-state index is 10.7. The Bertz CT molecular complexity index is 380. The second-order valence-electron chi connectivity index (χ2n) is 2.42. The van der Waals surface area contributed by atoms with Crippen LogP contribution in [0, 0.1) is 0 Å². The molecule has 0 radical (unpaired) electrons. The standard InChI is InChI=1S/C8H4Br2O4.Zn/c9-5-1-3(7(11)12)6(10)2-4(5)8(13)14;/h1-2H,(H,11,12)(H,13,14);. The molecule has 0 aromatic heterocycles. The Labute approximate surface area is 115 Å². The van der Waals surface area contributed by atoms with Crippen molar-refractivity contribution >= 4 is 43.8 Å². The van der Waals surface area contributed by atoms with Crippen molar-refractivity contribution in [1.82, 2.24) is 0 Å². The van der Waals surface area contributed by atoms with Gasteiger partial charge in [-0.05, 0) is 44.0 Å². The molecule has 0 fully saturated rings. The molecule has 1 aromatic rings. The van der Waals surface area contributed by atoms with E-state index in [0.717, 1.165) is 0 Å². The van der Waals surface area contributed by atoms with Crippen LogP contribution in [0.4, 0.5) is 0 Å². The topological polar surface area (TPSA) is 74.6 Å². The summed E-state index contributed by atoms with van der Waals surface area (Å²) in [7, 11) is 0. The number of carbonyl (C=O) groups is 2. The zero-order chi connectivity index (χ0) is 10.9. The summed E-state index contributed by atoms with van der Waals surface area (Å²) in [6.45, 7) is 0. The Morgan fingerprint density at radius 2 is 1.20 bits per heavy atom. The third-order valence-electron chi connectivity index (χ3n) is 1.52. The number of aromatic carboxylic acids is 2. The first kappa shape index (κ1) is 14.7. The van der Waals surface area contributed by atoms with Gasteiger partial charge in [-0.1, -0.05) is 0 Å². The van der Waals surface area contributed by atoms with Gasteiger partial charge >= 0.3 is 11.9 Å². The minimum atomic E-state index is -1.12. The Morgan fingerprint density at radius 1 is 0.933 bits per heavy atom. The van der Waals surface area contributed by atoms with Gasteiger partial charge in [0, 0.05) is 28.4 Å². The van der Waals surface area contributed by atoms with Gasteiger partial charge in [-0.2, -0.15) is 0 Å². The molecule has 76 valence electrons. The van der Waals surface area contributed by atoms with Crippen LogP contribution in [0.2, 0.25) is 0 Å². The average molecular weight is 389 g/mol. The molecule has 7 heteroatoms. The van der Waals surface area contributed by atoms with Crippen LogP contribution in [0.5, 0.6) is 0 Å². The van der Waals surface area contributed by atoms with Crippen molar-refractivity contribution in [3.63, 3.8) is 0 Å². The van der Waals surface area contributed by atoms with Gasteiger partial charge in [0.05, 0.1) is 11.1 Å². The van der Waals surface area contributed by atoms with Crippen molar-refractivity contribution < 1.29 is 39.3 Å². The molecule has 1 aromatic carbocycles. The molecule has 0 unspecified atom stereocenters. The van der Waals surface area contributed by atoms with Gasteiger partial charge in [0.25, 0.3) is 0 Å². The Hall–Kier alpha value is -0.257. The number of carboxylic acid groups (broad SMARTS) is 2. The Morgan fingerprint density at radius 3 is 1.40 bits per heavy atom. The first-order chi connectivity index (χ1) is 6.43. The predicted octanol–water partition coefficient (Wildman–Crippen LogP) is 2.61. The molecule has 0 atom stereocenters. The second kappa shape index (κ2) is 5.73. The van der Waals surface area contributed by atoms with Gasteiger partial charge in [-0.25, -0.2) is 9.59 Å². The van der Waals surface area contributed by atoms with E-state index in [-0.39, 0.29) is 39.6 Å². The first-order valence-corrected chi connectivity index (χ1v) is 4.97.